The molecule has 266 valence electrons. The van der Waals surface area contributed by atoms with Crippen molar-refractivity contribution in [2.24, 2.45) is 0 Å². The molecule has 1 heterocycles. The van der Waals surface area contributed by atoms with Crippen molar-refractivity contribution < 1.29 is 0 Å². The number of rotatable bonds is 5. The lowest BCUT2D eigenvalue weighted by atomic mass is 9.70. The van der Waals surface area contributed by atoms with Crippen molar-refractivity contribution in [3.8, 4) is 39.1 Å². The Morgan fingerprint density at radius 3 is 1.53 bits per heavy atom. The molecule has 0 atom stereocenters. The van der Waals surface area contributed by atoms with E-state index in [1.54, 1.807) is 0 Å². The molecule has 1 spiro atoms. The molecule has 1 aromatic heterocycles. The van der Waals surface area contributed by atoms with Gasteiger partial charge < -0.3 is 9.47 Å². The molecule has 2 nitrogen and oxygen atoms in total. The molecule has 0 bridgehead atoms. The second-order valence-electron chi connectivity index (χ2n) is 15.2. The van der Waals surface area contributed by atoms with Crippen molar-refractivity contribution in [1.82, 2.24) is 4.57 Å². The van der Waals surface area contributed by atoms with Crippen LogP contribution in [0.3, 0.4) is 0 Å². The maximum Gasteiger partial charge on any atom is 0.0746 e. The van der Waals surface area contributed by atoms with E-state index in [2.05, 4.69) is 228 Å². The Bertz CT molecular complexity index is 3110. The third-order valence-electron chi connectivity index (χ3n) is 12.4. The summed E-state index contributed by atoms with van der Waals surface area (Å²) in [5, 5.41) is 2.44. The molecular formula is C55H36N2. The highest BCUT2D eigenvalue weighted by molar-refractivity contribution is 6.17. The highest BCUT2D eigenvalue weighted by atomic mass is 15.2. The van der Waals surface area contributed by atoms with Crippen LogP contribution in [0.5, 0.6) is 0 Å². The Kier molecular flexibility index (Phi) is 6.88. The van der Waals surface area contributed by atoms with Crippen LogP contribution < -0.4 is 4.90 Å². The van der Waals surface area contributed by atoms with Crippen LogP contribution in [0.15, 0.2) is 218 Å². The van der Waals surface area contributed by atoms with E-state index in [9.17, 15) is 0 Å². The zero-order valence-electron chi connectivity index (χ0n) is 31.2. The minimum atomic E-state index is -0.510. The van der Waals surface area contributed by atoms with Gasteiger partial charge in [-0.3, -0.25) is 0 Å². The van der Waals surface area contributed by atoms with Crippen molar-refractivity contribution in [3.63, 3.8) is 0 Å². The standard InChI is InChI=1S/C55H36N2/c1-3-17-37(18-4-1)38-33-35-40(36-34-38)57(51-31-16-30-50-53(51)45-24-10-14-29-49(45)56(50)39-19-5-2-6-20-39)52-32-15-25-44-43-23-9-13-28-48(43)55(54(44)52)46-26-11-7-21-41(46)42-22-8-12-27-47(42)55/h1-36H. The molecule has 10 aromatic rings. The van der Waals surface area contributed by atoms with Gasteiger partial charge in [-0.15, -0.1) is 0 Å². The van der Waals surface area contributed by atoms with Crippen LogP contribution in [-0.4, -0.2) is 4.57 Å². The number of aromatic nitrogens is 1. The fourth-order valence-electron chi connectivity index (χ4n) is 10.2. The van der Waals surface area contributed by atoms with Crippen LogP contribution in [-0.2, 0) is 5.41 Å². The summed E-state index contributed by atoms with van der Waals surface area (Å²) in [6, 6.07) is 80.5. The van der Waals surface area contributed by atoms with Crippen LogP contribution in [0.2, 0.25) is 0 Å². The lowest BCUT2D eigenvalue weighted by Gasteiger charge is -2.36. The smallest absolute Gasteiger partial charge is 0.0746 e. The third-order valence-corrected chi connectivity index (χ3v) is 12.4. The fourth-order valence-corrected chi connectivity index (χ4v) is 10.2. The van der Waals surface area contributed by atoms with Gasteiger partial charge in [0.05, 0.1) is 27.8 Å². The molecule has 2 heteroatoms. The molecule has 0 amide bonds. The van der Waals surface area contributed by atoms with Gasteiger partial charge in [-0.25, -0.2) is 0 Å². The summed E-state index contributed by atoms with van der Waals surface area (Å²) in [4.78, 5) is 2.55. The number of benzene rings is 9. The van der Waals surface area contributed by atoms with Gasteiger partial charge in [-0.05, 0) is 98.6 Å². The van der Waals surface area contributed by atoms with Gasteiger partial charge in [0.2, 0.25) is 0 Å². The largest absolute Gasteiger partial charge is 0.309 e. The summed E-state index contributed by atoms with van der Waals surface area (Å²) in [5.41, 5.74) is 19.3. The average molecular weight is 725 g/mol. The Morgan fingerprint density at radius 1 is 0.351 bits per heavy atom. The normalized spacial score (nSPS) is 13.1. The molecule has 0 saturated carbocycles. The summed E-state index contributed by atoms with van der Waals surface area (Å²) in [6.45, 7) is 0. The molecule has 0 fully saturated rings. The molecule has 0 aliphatic heterocycles. The first-order valence-corrected chi connectivity index (χ1v) is 19.8. The van der Waals surface area contributed by atoms with E-state index in [1.165, 1.54) is 83.1 Å². The minimum Gasteiger partial charge on any atom is -0.309 e. The van der Waals surface area contributed by atoms with E-state index in [1.807, 2.05) is 0 Å². The molecule has 0 radical (unpaired) electrons. The monoisotopic (exact) mass is 724 g/mol. The van der Waals surface area contributed by atoms with Crippen molar-refractivity contribution >= 4 is 38.9 Å². The predicted octanol–water partition coefficient (Wildman–Crippen LogP) is 14.3. The van der Waals surface area contributed by atoms with E-state index >= 15 is 0 Å². The number of para-hydroxylation sites is 2. The van der Waals surface area contributed by atoms with E-state index in [-0.39, 0.29) is 0 Å². The zero-order chi connectivity index (χ0) is 37.5. The lowest BCUT2D eigenvalue weighted by Crippen LogP contribution is -2.28. The second-order valence-corrected chi connectivity index (χ2v) is 15.2. The summed E-state index contributed by atoms with van der Waals surface area (Å²) < 4.78 is 2.42. The van der Waals surface area contributed by atoms with Crippen LogP contribution in [0.1, 0.15) is 22.3 Å². The number of fused-ring (bicyclic) bond motifs is 13. The van der Waals surface area contributed by atoms with Gasteiger partial charge in [0.15, 0.2) is 0 Å². The van der Waals surface area contributed by atoms with E-state index in [0.717, 1.165) is 17.1 Å². The summed E-state index contributed by atoms with van der Waals surface area (Å²) >= 11 is 0. The van der Waals surface area contributed by atoms with Crippen LogP contribution in [0, 0.1) is 0 Å². The molecule has 0 unspecified atom stereocenters. The molecule has 57 heavy (non-hydrogen) atoms. The average Bonchev–Trinajstić information content (AvgIpc) is 3.90. The molecule has 2 aliphatic rings. The van der Waals surface area contributed by atoms with Crippen LogP contribution >= 0.6 is 0 Å². The first kappa shape index (κ1) is 31.9. The van der Waals surface area contributed by atoms with Crippen molar-refractivity contribution in [2.75, 3.05) is 4.90 Å². The summed E-state index contributed by atoms with van der Waals surface area (Å²) in [5.74, 6) is 0. The maximum absolute atomic E-state index is 2.55. The molecule has 0 saturated heterocycles. The highest BCUT2D eigenvalue weighted by Crippen LogP contribution is 2.65. The van der Waals surface area contributed by atoms with Gasteiger partial charge in [0.1, 0.15) is 0 Å². The van der Waals surface area contributed by atoms with Crippen molar-refractivity contribution in [2.45, 2.75) is 5.41 Å². The van der Waals surface area contributed by atoms with Crippen LogP contribution in [0.25, 0.3) is 60.9 Å². The van der Waals surface area contributed by atoms with Gasteiger partial charge in [-0.1, -0.05) is 170 Å². The van der Waals surface area contributed by atoms with Gasteiger partial charge in [-0.2, -0.15) is 0 Å². The van der Waals surface area contributed by atoms with E-state index in [0.29, 0.717) is 0 Å². The minimum absolute atomic E-state index is 0.510. The summed E-state index contributed by atoms with van der Waals surface area (Å²) in [7, 11) is 0. The molecule has 0 N–H and O–H groups in total. The molecule has 9 aromatic carbocycles. The second kappa shape index (κ2) is 12.3. The first-order chi connectivity index (χ1) is 28.3. The van der Waals surface area contributed by atoms with Gasteiger partial charge in [0, 0.05) is 27.7 Å². The summed E-state index contributed by atoms with van der Waals surface area (Å²) in [6.07, 6.45) is 0. The molecular weight excluding hydrogens is 689 g/mol. The molecule has 2 aliphatic carbocycles. The predicted molar refractivity (Wildman–Crippen MR) is 237 cm³/mol. The number of anilines is 3. The van der Waals surface area contributed by atoms with E-state index < -0.39 is 5.41 Å². The van der Waals surface area contributed by atoms with Crippen molar-refractivity contribution in [3.05, 3.63) is 241 Å². The Hall–Kier alpha value is -7.42. The number of nitrogens with zero attached hydrogens (tertiary/aromatic N) is 2. The first-order valence-electron chi connectivity index (χ1n) is 19.8. The Balaban J connectivity index is 1.21. The third kappa shape index (κ3) is 4.41. The topological polar surface area (TPSA) is 8.17 Å². The van der Waals surface area contributed by atoms with Gasteiger partial charge in [0.25, 0.3) is 0 Å². The van der Waals surface area contributed by atoms with Gasteiger partial charge >= 0.3 is 0 Å². The van der Waals surface area contributed by atoms with Crippen molar-refractivity contribution in [1.29, 1.82) is 0 Å². The maximum atomic E-state index is 2.55. The fraction of sp³-hybridized carbons (Fsp3) is 0.0182. The number of hydrogen-bond donors (Lipinski definition) is 0. The highest BCUT2D eigenvalue weighted by Gasteiger charge is 2.53. The quantitative estimate of drug-likeness (QED) is 0.172. The zero-order valence-corrected chi connectivity index (χ0v) is 31.2. The van der Waals surface area contributed by atoms with E-state index in [4.69, 9.17) is 0 Å². The van der Waals surface area contributed by atoms with Crippen LogP contribution in [0.4, 0.5) is 17.1 Å². The number of hydrogen-bond acceptors (Lipinski definition) is 1. The Labute approximate surface area is 332 Å². The Morgan fingerprint density at radius 2 is 0.842 bits per heavy atom. The molecule has 12 rings (SSSR count). The lowest BCUT2D eigenvalue weighted by molar-refractivity contribution is 0.793. The SMILES string of the molecule is c1ccc(-c2ccc(N(c3cccc4c3C3(c5ccccc5-c5ccccc53)c3ccccc3-4)c3cccc4c3c3ccccc3n4-c3ccccc3)cc2)cc1.